The fraction of sp³-hybridized carbons (Fsp3) is 0.433. The van der Waals surface area contributed by atoms with Crippen molar-refractivity contribution in [2.75, 3.05) is 32.8 Å². The second kappa shape index (κ2) is 13.3. The van der Waals surface area contributed by atoms with Gasteiger partial charge in [-0.15, -0.1) is 0 Å². The summed E-state index contributed by atoms with van der Waals surface area (Å²) < 4.78 is 19.5. The molecule has 0 radical (unpaired) electrons. The Morgan fingerprint density at radius 1 is 1.23 bits per heavy atom. The maximum atomic E-state index is 11.4. The summed E-state index contributed by atoms with van der Waals surface area (Å²) in [6.07, 6.45) is 7.15. The maximum absolute atomic E-state index is 11.4. The molecule has 2 aromatic heterocycles. The van der Waals surface area contributed by atoms with Gasteiger partial charge in [0.1, 0.15) is 17.6 Å². The Hall–Kier alpha value is -3.89. The van der Waals surface area contributed by atoms with Crippen molar-refractivity contribution < 1.29 is 18.8 Å². The third-order valence-electron chi connectivity index (χ3n) is 6.69. The highest BCUT2D eigenvalue weighted by Gasteiger charge is 2.21. The summed E-state index contributed by atoms with van der Waals surface area (Å²) in [4.78, 5) is 18.0. The van der Waals surface area contributed by atoms with Gasteiger partial charge in [0.25, 0.3) is 0 Å². The molecule has 2 aliphatic rings. The zero-order valence-electron chi connectivity index (χ0n) is 22.2. The fourth-order valence-electron chi connectivity index (χ4n) is 4.64. The molecule has 1 aromatic carbocycles. The van der Waals surface area contributed by atoms with E-state index in [1.54, 1.807) is 6.20 Å². The molecule has 5 rings (SSSR count). The molecule has 9 nitrogen and oxygen atoms in total. The lowest BCUT2D eigenvalue weighted by Gasteiger charge is -2.26. The minimum atomic E-state index is -0.189. The molecule has 0 aliphatic carbocycles. The van der Waals surface area contributed by atoms with Gasteiger partial charge in [-0.1, -0.05) is 17.0 Å². The van der Waals surface area contributed by atoms with Gasteiger partial charge < -0.3 is 23.9 Å². The highest BCUT2D eigenvalue weighted by molar-refractivity contribution is 5.78. The summed E-state index contributed by atoms with van der Waals surface area (Å²) in [7, 11) is 0. The molecule has 1 N–H and O–H groups in total. The second-order valence-electron chi connectivity index (χ2n) is 9.68. The van der Waals surface area contributed by atoms with E-state index in [1.807, 2.05) is 48.0 Å². The Morgan fingerprint density at radius 2 is 2.13 bits per heavy atom. The van der Waals surface area contributed by atoms with E-state index < -0.39 is 0 Å². The number of benzene rings is 1. The first-order valence-corrected chi connectivity index (χ1v) is 13.5. The number of nitrogens with zero attached hydrogens (tertiary/aromatic N) is 4. The van der Waals surface area contributed by atoms with Gasteiger partial charge >= 0.3 is 0 Å². The summed E-state index contributed by atoms with van der Waals surface area (Å²) in [6, 6.07) is 9.76. The average Bonchev–Trinajstić information content (AvgIpc) is 3.62. The molecule has 0 saturated carbocycles. The van der Waals surface area contributed by atoms with Crippen LogP contribution >= 0.6 is 0 Å². The minimum Gasteiger partial charge on any atom is -0.356 e. The fourth-order valence-corrected chi connectivity index (χ4v) is 4.64. The zero-order valence-corrected chi connectivity index (χ0v) is 22.2. The van der Waals surface area contributed by atoms with Gasteiger partial charge in [0.2, 0.25) is 5.91 Å². The number of nitrogens with one attached hydrogen (secondary N) is 1. The molecule has 0 bridgehead atoms. The number of imidazole rings is 1. The second-order valence-corrected chi connectivity index (χ2v) is 9.68. The predicted molar refractivity (Wildman–Crippen MR) is 145 cm³/mol. The van der Waals surface area contributed by atoms with Crippen molar-refractivity contribution in [3.8, 4) is 35.0 Å². The van der Waals surface area contributed by atoms with Crippen LogP contribution in [0.1, 0.15) is 55.8 Å². The predicted octanol–water partition coefficient (Wildman–Crippen LogP) is 3.37. The third-order valence-corrected chi connectivity index (χ3v) is 6.69. The van der Waals surface area contributed by atoms with Crippen molar-refractivity contribution >= 4 is 5.91 Å². The number of hydrogen-bond acceptors (Lipinski definition) is 7. The van der Waals surface area contributed by atoms with Crippen molar-refractivity contribution in [1.29, 1.82) is 0 Å². The van der Waals surface area contributed by atoms with Gasteiger partial charge in [-0.3, -0.25) is 9.69 Å². The molecule has 9 heteroatoms. The maximum Gasteiger partial charge on any atom is 0.234 e. The summed E-state index contributed by atoms with van der Waals surface area (Å²) in [6.45, 7) is 6.07. The Bertz CT molecular complexity index is 1370. The van der Waals surface area contributed by atoms with Crippen molar-refractivity contribution in [2.24, 2.45) is 0 Å². The molecule has 4 heterocycles. The Balaban J connectivity index is 1.13. The number of carbonyl (C=O) groups is 1. The number of ether oxygens (including phenoxy) is 2. The molecule has 2 saturated heterocycles. The van der Waals surface area contributed by atoms with Crippen LogP contribution in [0.15, 0.2) is 47.2 Å². The molecule has 2 aliphatic heterocycles. The normalized spacial score (nSPS) is 18.4. The van der Waals surface area contributed by atoms with E-state index in [-0.39, 0.29) is 18.3 Å². The van der Waals surface area contributed by atoms with Crippen LogP contribution in [-0.2, 0) is 20.8 Å². The van der Waals surface area contributed by atoms with Gasteiger partial charge in [0, 0.05) is 62.2 Å². The number of carbonyl (C=O) groups excluding carboxylic acids is 1. The first-order valence-electron chi connectivity index (χ1n) is 13.5. The minimum absolute atomic E-state index is 0.0760. The topological polar surface area (TPSA) is 94.7 Å². The van der Waals surface area contributed by atoms with Gasteiger partial charge in [0.15, 0.2) is 12.1 Å². The lowest BCUT2D eigenvalue weighted by atomic mass is 10.1. The molecule has 2 fully saturated rings. The van der Waals surface area contributed by atoms with Crippen molar-refractivity contribution in [3.05, 3.63) is 59.8 Å². The molecule has 2 atom stereocenters. The molecular formula is C30H33N5O4. The summed E-state index contributed by atoms with van der Waals surface area (Å²) in [5.41, 5.74) is 2.60. The molecule has 39 heavy (non-hydrogen) atoms. The average molecular weight is 528 g/mol. The van der Waals surface area contributed by atoms with Crippen LogP contribution in [0.25, 0.3) is 11.3 Å². The SMILES string of the molecule is C[C@H](OC1CCCCO1)c1nccn1Cc1cc(-c2ccc(C#CC#CCCN3CCNC(=O)C3)cc2)on1. The van der Waals surface area contributed by atoms with Crippen LogP contribution < -0.4 is 5.32 Å². The Kier molecular flexibility index (Phi) is 9.08. The third kappa shape index (κ3) is 7.58. The monoisotopic (exact) mass is 527 g/mol. The number of piperazine rings is 1. The van der Waals surface area contributed by atoms with Crippen LogP contribution in [-0.4, -0.2) is 64.6 Å². The van der Waals surface area contributed by atoms with E-state index in [0.717, 1.165) is 61.6 Å². The molecular weight excluding hydrogens is 494 g/mol. The van der Waals surface area contributed by atoms with E-state index in [4.69, 9.17) is 14.0 Å². The molecule has 3 aromatic rings. The number of amides is 1. The molecule has 202 valence electrons. The Morgan fingerprint density at radius 3 is 2.95 bits per heavy atom. The summed E-state index contributed by atoms with van der Waals surface area (Å²) in [5, 5.41) is 7.08. The summed E-state index contributed by atoms with van der Waals surface area (Å²) in [5.74, 6) is 13.5. The van der Waals surface area contributed by atoms with Gasteiger partial charge in [-0.25, -0.2) is 4.98 Å². The smallest absolute Gasteiger partial charge is 0.234 e. The largest absolute Gasteiger partial charge is 0.356 e. The quantitative estimate of drug-likeness (QED) is 0.449. The number of hydrogen-bond donors (Lipinski definition) is 1. The van der Waals surface area contributed by atoms with Crippen LogP contribution in [0.2, 0.25) is 0 Å². The highest BCUT2D eigenvalue weighted by atomic mass is 16.7. The van der Waals surface area contributed by atoms with Gasteiger partial charge in [-0.2, -0.15) is 0 Å². The van der Waals surface area contributed by atoms with Gasteiger partial charge in [0.05, 0.1) is 13.1 Å². The number of aromatic nitrogens is 3. The lowest BCUT2D eigenvalue weighted by Crippen LogP contribution is -2.47. The van der Waals surface area contributed by atoms with Crippen LogP contribution in [0.3, 0.4) is 0 Å². The van der Waals surface area contributed by atoms with E-state index in [9.17, 15) is 4.79 Å². The number of rotatable bonds is 8. The van der Waals surface area contributed by atoms with E-state index in [1.165, 1.54) is 0 Å². The van der Waals surface area contributed by atoms with Gasteiger partial charge in [-0.05, 0) is 62.3 Å². The van der Waals surface area contributed by atoms with E-state index in [2.05, 4.69) is 44.0 Å². The molecule has 1 unspecified atom stereocenters. The lowest BCUT2D eigenvalue weighted by molar-refractivity contribution is -0.188. The van der Waals surface area contributed by atoms with Crippen molar-refractivity contribution in [3.63, 3.8) is 0 Å². The standard InChI is InChI=1S/C30H33N5O4/c1-23(38-29-9-5-7-19-37-29)30-32-15-18-35(30)21-26-20-27(39-33-26)25-12-10-24(11-13-25)8-4-2-3-6-16-34-17-14-31-28(36)22-34/h10-13,15,18,20,23,29H,5-7,9,14,16-17,19,21-22H2,1H3,(H,31,36)/t23-,29?/m0/s1. The zero-order chi connectivity index (χ0) is 26.9. The van der Waals surface area contributed by atoms with Crippen molar-refractivity contribution in [1.82, 2.24) is 24.9 Å². The van der Waals surface area contributed by atoms with Crippen LogP contribution in [0, 0.1) is 23.7 Å². The van der Waals surface area contributed by atoms with E-state index in [0.29, 0.717) is 31.8 Å². The van der Waals surface area contributed by atoms with Crippen molar-refractivity contribution in [2.45, 2.75) is 51.5 Å². The molecule has 1 amide bonds. The van der Waals surface area contributed by atoms with E-state index >= 15 is 0 Å². The first kappa shape index (κ1) is 26.7. The Labute approximate surface area is 228 Å². The highest BCUT2D eigenvalue weighted by Crippen LogP contribution is 2.25. The van der Waals surface area contributed by atoms with Crippen LogP contribution in [0.4, 0.5) is 0 Å². The first-order chi connectivity index (χ1) is 19.1. The van der Waals surface area contributed by atoms with Crippen LogP contribution in [0.5, 0.6) is 0 Å². The summed E-state index contributed by atoms with van der Waals surface area (Å²) >= 11 is 0. The molecule has 0 spiro atoms.